The molecule has 0 saturated carbocycles. The molecule has 0 amide bonds. The quantitative estimate of drug-likeness (QED) is 0.847. The minimum atomic E-state index is 0.273. The van der Waals surface area contributed by atoms with Crippen molar-refractivity contribution in [2.24, 2.45) is 5.73 Å². The molecule has 3 aliphatic heterocycles. The number of ether oxygens (including phenoxy) is 1. The number of likely N-dealkylation sites (tertiary alicyclic amines) is 1. The van der Waals surface area contributed by atoms with Crippen LogP contribution in [-0.4, -0.2) is 66.8 Å². The molecule has 3 aliphatic rings. The van der Waals surface area contributed by atoms with Crippen LogP contribution in [0.25, 0.3) is 0 Å². The van der Waals surface area contributed by atoms with Gasteiger partial charge in [-0.15, -0.1) is 0 Å². The van der Waals surface area contributed by atoms with Crippen molar-refractivity contribution in [1.82, 2.24) is 9.80 Å². The van der Waals surface area contributed by atoms with E-state index in [1.807, 2.05) is 0 Å². The van der Waals surface area contributed by atoms with Gasteiger partial charge in [-0.25, -0.2) is 0 Å². The number of piperidine rings is 2. The molecule has 0 radical (unpaired) electrons. The van der Waals surface area contributed by atoms with E-state index in [4.69, 9.17) is 10.5 Å². The average Bonchev–Trinajstić information content (AvgIpc) is 2.71. The first-order valence-electron chi connectivity index (χ1n) is 8.47. The zero-order chi connectivity index (χ0) is 14.2. The van der Waals surface area contributed by atoms with Gasteiger partial charge in [0.25, 0.3) is 0 Å². The smallest absolute Gasteiger partial charge is 0.0599 e. The Morgan fingerprint density at radius 1 is 1.10 bits per heavy atom. The topological polar surface area (TPSA) is 41.7 Å². The molecule has 0 aromatic carbocycles. The van der Waals surface area contributed by atoms with E-state index in [9.17, 15) is 0 Å². The minimum absolute atomic E-state index is 0.273. The van der Waals surface area contributed by atoms with E-state index in [2.05, 4.69) is 23.8 Å². The summed E-state index contributed by atoms with van der Waals surface area (Å²) in [5.74, 6) is 0. The summed E-state index contributed by atoms with van der Waals surface area (Å²) in [4.78, 5) is 5.32. The first-order valence-corrected chi connectivity index (χ1v) is 8.47. The second-order valence-electron chi connectivity index (χ2n) is 7.03. The summed E-state index contributed by atoms with van der Waals surface area (Å²) in [6.45, 7) is 6.12. The molecule has 4 nitrogen and oxygen atoms in total. The normalized spacial score (nSPS) is 40.4. The lowest BCUT2D eigenvalue weighted by atomic mass is 9.80. The molecule has 2 unspecified atom stereocenters. The first-order chi connectivity index (χ1) is 9.68. The lowest BCUT2D eigenvalue weighted by Crippen LogP contribution is -2.63. The molecule has 3 saturated heterocycles. The molecular weight excluding hydrogens is 250 g/mol. The maximum absolute atomic E-state index is 6.27. The van der Waals surface area contributed by atoms with Gasteiger partial charge in [0.2, 0.25) is 0 Å². The van der Waals surface area contributed by atoms with Crippen LogP contribution < -0.4 is 5.73 Å². The van der Waals surface area contributed by atoms with E-state index in [1.165, 1.54) is 51.6 Å². The van der Waals surface area contributed by atoms with E-state index in [0.717, 1.165) is 25.2 Å². The van der Waals surface area contributed by atoms with Gasteiger partial charge in [-0.2, -0.15) is 0 Å². The highest BCUT2D eigenvalue weighted by molar-refractivity contribution is 5.07. The van der Waals surface area contributed by atoms with Crippen LogP contribution in [0.15, 0.2) is 0 Å². The Hall–Kier alpha value is -0.160. The lowest BCUT2D eigenvalue weighted by Gasteiger charge is -2.52. The molecule has 3 rings (SSSR count). The van der Waals surface area contributed by atoms with Crippen LogP contribution in [0.1, 0.15) is 45.4 Å². The van der Waals surface area contributed by atoms with Crippen LogP contribution >= 0.6 is 0 Å². The molecular formula is C16H31N3O. The predicted octanol–water partition coefficient (Wildman–Crippen LogP) is 1.44. The summed E-state index contributed by atoms with van der Waals surface area (Å²) in [6.07, 6.45) is 8.14. The van der Waals surface area contributed by atoms with Crippen molar-refractivity contribution >= 4 is 0 Å². The van der Waals surface area contributed by atoms with Crippen LogP contribution in [0, 0.1) is 0 Å². The molecule has 2 N–H and O–H groups in total. The third-order valence-corrected chi connectivity index (χ3v) is 6.11. The molecule has 0 aromatic heterocycles. The summed E-state index contributed by atoms with van der Waals surface area (Å²) in [6, 6.07) is 1.53. The fourth-order valence-electron chi connectivity index (χ4n) is 4.83. The van der Waals surface area contributed by atoms with Crippen molar-refractivity contribution in [3.63, 3.8) is 0 Å². The summed E-state index contributed by atoms with van der Waals surface area (Å²) in [7, 11) is 2.31. The largest absolute Gasteiger partial charge is 0.378 e. The second kappa shape index (κ2) is 5.91. The number of rotatable bonds is 4. The molecule has 20 heavy (non-hydrogen) atoms. The van der Waals surface area contributed by atoms with Gasteiger partial charge in [0.1, 0.15) is 0 Å². The number of hydrogen-bond acceptors (Lipinski definition) is 4. The van der Waals surface area contributed by atoms with Crippen molar-refractivity contribution in [3.05, 3.63) is 0 Å². The lowest BCUT2D eigenvalue weighted by molar-refractivity contribution is -0.0481. The van der Waals surface area contributed by atoms with Gasteiger partial charge in [0.15, 0.2) is 0 Å². The highest BCUT2D eigenvalue weighted by Gasteiger charge is 2.49. The van der Waals surface area contributed by atoms with Gasteiger partial charge in [-0.05, 0) is 52.5 Å². The fraction of sp³-hybridized carbons (Fsp3) is 1.00. The third kappa shape index (κ3) is 2.52. The van der Waals surface area contributed by atoms with Crippen LogP contribution in [0.4, 0.5) is 0 Å². The van der Waals surface area contributed by atoms with E-state index in [0.29, 0.717) is 6.10 Å². The number of fused-ring (bicyclic) bond motifs is 2. The van der Waals surface area contributed by atoms with Gasteiger partial charge in [0.05, 0.1) is 6.10 Å². The van der Waals surface area contributed by atoms with Crippen molar-refractivity contribution in [2.75, 3.05) is 33.3 Å². The SMILES string of the molecule is CCOC1CCN(C2(CN)CC3CCC(C2)N3C)CC1. The van der Waals surface area contributed by atoms with Crippen LogP contribution in [-0.2, 0) is 4.74 Å². The Labute approximate surface area is 123 Å². The highest BCUT2D eigenvalue weighted by atomic mass is 16.5. The summed E-state index contributed by atoms with van der Waals surface area (Å²) in [5.41, 5.74) is 6.54. The summed E-state index contributed by atoms with van der Waals surface area (Å²) >= 11 is 0. The maximum Gasteiger partial charge on any atom is 0.0599 e. The fourth-order valence-corrected chi connectivity index (χ4v) is 4.83. The van der Waals surface area contributed by atoms with E-state index in [-0.39, 0.29) is 5.54 Å². The third-order valence-electron chi connectivity index (χ3n) is 6.11. The molecule has 2 atom stereocenters. The van der Waals surface area contributed by atoms with Gasteiger partial charge in [-0.3, -0.25) is 4.90 Å². The minimum Gasteiger partial charge on any atom is -0.378 e. The van der Waals surface area contributed by atoms with Gasteiger partial charge in [0, 0.05) is 43.9 Å². The number of hydrogen-bond donors (Lipinski definition) is 1. The summed E-state index contributed by atoms with van der Waals surface area (Å²) < 4.78 is 5.79. The zero-order valence-corrected chi connectivity index (χ0v) is 13.2. The van der Waals surface area contributed by atoms with E-state index < -0.39 is 0 Å². The number of nitrogens with two attached hydrogens (primary N) is 1. The zero-order valence-electron chi connectivity index (χ0n) is 13.2. The van der Waals surface area contributed by atoms with Gasteiger partial charge < -0.3 is 15.4 Å². The van der Waals surface area contributed by atoms with E-state index in [1.54, 1.807) is 0 Å². The van der Waals surface area contributed by atoms with Crippen LogP contribution in [0.3, 0.4) is 0 Å². The average molecular weight is 281 g/mol. The monoisotopic (exact) mass is 281 g/mol. The van der Waals surface area contributed by atoms with Crippen LogP contribution in [0.5, 0.6) is 0 Å². The molecule has 3 heterocycles. The van der Waals surface area contributed by atoms with Crippen molar-refractivity contribution in [2.45, 2.75) is 69.2 Å². The van der Waals surface area contributed by atoms with Gasteiger partial charge >= 0.3 is 0 Å². The molecule has 0 aromatic rings. The standard InChI is InChI=1S/C16H31N3O/c1-3-20-15-6-8-19(9-7-15)16(12-17)10-13-4-5-14(11-16)18(13)2/h13-15H,3-12,17H2,1-2H3. The Balaban J connectivity index is 1.65. The summed E-state index contributed by atoms with van der Waals surface area (Å²) in [5, 5.41) is 0. The van der Waals surface area contributed by atoms with Crippen molar-refractivity contribution in [3.8, 4) is 0 Å². The predicted molar refractivity (Wildman–Crippen MR) is 81.8 cm³/mol. The Bertz CT molecular complexity index is 314. The Morgan fingerprint density at radius 2 is 1.70 bits per heavy atom. The van der Waals surface area contributed by atoms with E-state index >= 15 is 0 Å². The van der Waals surface area contributed by atoms with Gasteiger partial charge in [-0.1, -0.05) is 0 Å². The van der Waals surface area contributed by atoms with Crippen molar-refractivity contribution < 1.29 is 4.74 Å². The number of nitrogens with zero attached hydrogens (tertiary/aromatic N) is 2. The maximum atomic E-state index is 6.27. The Morgan fingerprint density at radius 3 is 2.20 bits per heavy atom. The Kier molecular flexibility index (Phi) is 4.37. The van der Waals surface area contributed by atoms with Crippen LogP contribution in [0.2, 0.25) is 0 Å². The molecule has 3 fully saturated rings. The molecule has 0 aliphatic carbocycles. The second-order valence-corrected chi connectivity index (χ2v) is 7.03. The van der Waals surface area contributed by atoms with Crippen molar-refractivity contribution in [1.29, 1.82) is 0 Å². The molecule has 4 heteroatoms. The first kappa shape index (κ1) is 14.8. The molecule has 0 spiro atoms. The highest BCUT2D eigenvalue weighted by Crippen LogP contribution is 2.43. The molecule has 2 bridgehead atoms. The molecule has 116 valence electrons.